The van der Waals surface area contributed by atoms with E-state index in [2.05, 4.69) is 6.92 Å². The fourth-order valence-electron chi connectivity index (χ4n) is 6.81. The first-order chi connectivity index (χ1) is 12.8. The first-order valence-corrected chi connectivity index (χ1v) is 10.1. The molecule has 0 heterocycles. The molecule has 5 nitrogen and oxygen atoms in total. The summed E-state index contributed by atoms with van der Waals surface area (Å²) >= 11 is 0. The maximum Gasteiger partial charge on any atom is 0.178 e. The second kappa shape index (κ2) is 6.64. The fourth-order valence-corrected chi connectivity index (χ4v) is 6.81. The van der Waals surface area contributed by atoms with Crippen molar-refractivity contribution in [1.82, 2.24) is 0 Å². The molecule has 148 valence electrons. The number of allylic oxidation sites excluding steroid dienone is 4. The van der Waals surface area contributed by atoms with Gasteiger partial charge in [0, 0.05) is 31.3 Å². The molecule has 0 aromatic heterocycles. The van der Waals surface area contributed by atoms with Crippen LogP contribution < -0.4 is 0 Å². The molecule has 3 fully saturated rings. The van der Waals surface area contributed by atoms with Crippen molar-refractivity contribution in [2.24, 2.45) is 29.1 Å². The molecule has 4 aliphatic rings. The zero-order valence-corrected chi connectivity index (χ0v) is 16.2. The van der Waals surface area contributed by atoms with Crippen LogP contribution in [0, 0.1) is 29.1 Å². The van der Waals surface area contributed by atoms with Gasteiger partial charge < -0.3 is 14.9 Å². The number of rotatable bonds is 4. The lowest BCUT2D eigenvalue weighted by molar-refractivity contribution is -0.170. The molecule has 0 bridgehead atoms. The van der Waals surface area contributed by atoms with E-state index in [4.69, 9.17) is 4.74 Å². The van der Waals surface area contributed by atoms with E-state index in [1.54, 1.807) is 12.2 Å². The molecular weight excluding hydrogens is 344 g/mol. The molecule has 0 aromatic rings. The Morgan fingerprint density at radius 1 is 1.33 bits per heavy atom. The van der Waals surface area contributed by atoms with E-state index in [0.717, 1.165) is 31.3 Å². The number of carbonyl (C=O) groups is 2. The molecule has 5 heteroatoms. The molecule has 2 N–H and O–H groups in total. The molecule has 0 aromatic carbocycles. The Kier molecular flexibility index (Phi) is 4.68. The second-order valence-electron chi connectivity index (χ2n) is 9.24. The van der Waals surface area contributed by atoms with Crippen LogP contribution >= 0.6 is 0 Å². The average Bonchev–Trinajstić information content (AvgIpc) is 2.91. The standard InChI is InChI=1S/C22H30O5/c1-21-8-7-15(23)9-13(21)3-5-17-18-6-4-14(10-16(24)12-27-2)22(18,26)11-19(25)20(17)21/h7-9,14,17-20,25-26H,3-6,10-12H2,1-2H3. The van der Waals surface area contributed by atoms with Gasteiger partial charge in [-0.05, 0) is 55.6 Å². The summed E-state index contributed by atoms with van der Waals surface area (Å²) in [6, 6.07) is 0. The SMILES string of the molecule is COCC(=O)CC1CCC2C3CCC4=CC(=O)C=CC4(C)C3C(O)CC12O. The van der Waals surface area contributed by atoms with Gasteiger partial charge in [0.15, 0.2) is 11.6 Å². The Morgan fingerprint density at radius 2 is 2.11 bits per heavy atom. The maximum absolute atomic E-state index is 12.1. The first kappa shape index (κ1) is 19.0. The molecule has 27 heavy (non-hydrogen) atoms. The van der Waals surface area contributed by atoms with E-state index in [-0.39, 0.29) is 47.3 Å². The van der Waals surface area contributed by atoms with Gasteiger partial charge in [-0.1, -0.05) is 18.6 Å². The first-order valence-electron chi connectivity index (χ1n) is 10.1. The minimum atomic E-state index is -0.976. The molecule has 0 aliphatic heterocycles. The Balaban J connectivity index is 1.62. The summed E-state index contributed by atoms with van der Waals surface area (Å²) in [5.41, 5.74) is -0.178. The van der Waals surface area contributed by atoms with Crippen molar-refractivity contribution in [2.75, 3.05) is 13.7 Å². The summed E-state index contributed by atoms with van der Waals surface area (Å²) in [5.74, 6) is 0.273. The highest BCUT2D eigenvalue weighted by atomic mass is 16.5. The van der Waals surface area contributed by atoms with E-state index in [1.807, 2.05) is 6.08 Å². The van der Waals surface area contributed by atoms with Gasteiger partial charge in [0.1, 0.15) is 6.61 Å². The summed E-state index contributed by atoms with van der Waals surface area (Å²) < 4.78 is 4.95. The van der Waals surface area contributed by atoms with E-state index >= 15 is 0 Å². The van der Waals surface area contributed by atoms with Crippen LogP contribution in [0.25, 0.3) is 0 Å². The largest absolute Gasteiger partial charge is 0.393 e. The van der Waals surface area contributed by atoms with Gasteiger partial charge in [-0.3, -0.25) is 9.59 Å². The zero-order valence-electron chi connectivity index (χ0n) is 16.2. The summed E-state index contributed by atoms with van der Waals surface area (Å²) in [7, 11) is 1.51. The fraction of sp³-hybridized carbons (Fsp3) is 0.727. The van der Waals surface area contributed by atoms with E-state index in [0.29, 0.717) is 12.8 Å². The van der Waals surface area contributed by atoms with Crippen LogP contribution in [-0.2, 0) is 14.3 Å². The molecule has 0 spiro atoms. The van der Waals surface area contributed by atoms with Crippen molar-refractivity contribution in [3.8, 4) is 0 Å². The van der Waals surface area contributed by atoms with Crippen molar-refractivity contribution >= 4 is 11.6 Å². The predicted molar refractivity (Wildman–Crippen MR) is 99.8 cm³/mol. The van der Waals surface area contributed by atoms with Crippen LogP contribution in [0.5, 0.6) is 0 Å². The van der Waals surface area contributed by atoms with Gasteiger partial charge in [-0.15, -0.1) is 0 Å². The van der Waals surface area contributed by atoms with Crippen molar-refractivity contribution in [1.29, 1.82) is 0 Å². The summed E-state index contributed by atoms with van der Waals surface area (Å²) in [4.78, 5) is 23.9. The van der Waals surface area contributed by atoms with Crippen LogP contribution in [0.2, 0.25) is 0 Å². The smallest absolute Gasteiger partial charge is 0.178 e. The number of hydrogen-bond donors (Lipinski definition) is 2. The summed E-state index contributed by atoms with van der Waals surface area (Å²) in [6.07, 6.45) is 8.77. The Labute approximate surface area is 160 Å². The van der Waals surface area contributed by atoms with E-state index in [9.17, 15) is 19.8 Å². The monoisotopic (exact) mass is 374 g/mol. The lowest BCUT2D eigenvalue weighted by Crippen LogP contribution is -2.59. The van der Waals surface area contributed by atoms with Crippen LogP contribution in [0.4, 0.5) is 0 Å². The number of fused-ring (bicyclic) bond motifs is 5. The molecule has 0 amide bonds. The second-order valence-corrected chi connectivity index (χ2v) is 9.24. The van der Waals surface area contributed by atoms with Gasteiger partial charge in [-0.2, -0.15) is 0 Å². The lowest BCUT2D eigenvalue weighted by atomic mass is 9.49. The number of methoxy groups -OCH3 is 1. The Morgan fingerprint density at radius 3 is 2.85 bits per heavy atom. The Hall–Kier alpha value is -1.30. The van der Waals surface area contributed by atoms with Crippen molar-refractivity contribution in [3.05, 3.63) is 23.8 Å². The topological polar surface area (TPSA) is 83.8 Å². The molecule has 0 saturated heterocycles. The van der Waals surface area contributed by atoms with Crippen molar-refractivity contribution in [3.63, 3.8) is 0 Å². The van der Waals surface area contributed by atoms with Gasteiger partial charge in [0.25, 0.3) is 0 Å². The molecule has 0 radical (unpaired) electrons. The molecule has 4 aliphatic carbocycles. The van der Waals surface area contributed by atoms with E-state index < -0.39 is 11.7 Å². The van der Waals surface area contributed by atoms with Gasteiger partial charge in [0.2, 0.25) is 0 Å². The third-order valence-corrected chi connectivity index (χ3v) is 7.93. The lowest BCUT2D eigenvalue weighted by Gasteiger charge is -2.58. The normalized spacial score (nSPS) is 45.7. The minimum Gasteiger partial charge on any atom is -0.393 e. The predicted octanol–water partition coefficient (Wildman–Crippen LogP) is 2.21. The molecule has 7 unspecified atom stereocenters. The number of Topliss-reactive ketones (excluding diaryl/α,β-unsaturated/α-hetero) is 1. The van der Waals surface area contributed by atoms with Crippen LogP contribution in [0.3, 0.4) is 0 Å². The maximum atomic E-state index is 12.1. The van der Waals surface area contributed by atoms with Crippen molar-refractivity contribution in [2.45, 2.75) is 57.2 Å². The van der Waals surface area contributed by atoms with Gasteiger partial charge in [0.05, 0.1) is 11.7 Å². The number of ketones is 2. The van der Waals surface area contributed by atoms with Gasteiger partial charge in [-0.25, -0.2) is 0 Å². The number of carbonyl (C=O) groups excluding carboxylic acids is 2. The van der Waals surface area contributed by atoms with E-state index in [1.165, 1.54) is 7.11 Å². The highest BCUT2D eigenvalue weighted by molar-refractivity contribution is 6.01. The Bertz CT molecular complexity index is 709. The van der Waals surface area contributed by atoms with Crippen LogP contribution in [0.1, 0.15) is 45.4 Å². The summed E-state index contributed by atoms with van der Waals surface area (Å²) in [6.45, 7) is 2.21. The highest BCUT2D eigenvalue weighted by Gasteiger charge is 2.62. The number of aliphatic hydroxyl groups excluding tert-OH is 1. The minimum absolute atomic E-state index is 0.0144. The average molecular weight is 374 g/mol. The van der Waals surface area contributed by atoms with Crippen LogP contribution in [0.15, 0.2) is 23.8 Å². The van der Waals surface area contributed by atoms with Gasteiger partial charge >= 0.3 is 0 Å². The highest BCUT2D eigenvalue weighted by Crippen LogP contribution is 2.63. The number of ether oxygens (including phenoxy) is 1. The third-order valence-electron chi connectivity index (χ3n) is 7.93. The molecule has 7 atom stereocenters. The number of hydrogen-bond acceptors (Lipinski definition) is 5. The molecule has 3 saturated carbocycles. The molecule has 4 rings (SSSR count). The summed E-state index contributed by atoms with van der Waals surface area (Å²) in [5, 5.41) is 22.7. The molecular formula is C22H30O5. The third kappa shape index (κ3) is 2.86. The van der Waals surface area contributed by atoms with Crippen molar-refractivity contribution < 1.29 is 24.5 Å². The quantitative estimate of drug-likeness (QED) is 0.788. The number of aliphatic hydroxyl groups is 2. The zero-order chi connectivity index (χ0) is 19.4. The van der Waals surface area contributed by atoms with Crippen LogP contribution in [-0.4, -0.2) is 47.2 Å².